The van der Waals surface area contributed by atoms with Crippen molar-refractivity contribution in [2.75, 3.05) is 38.7 Å². The van der Waals surface area contributed by atoms with Crippen LogP contribution in [0.4, 0.5) is 10.2 Å². The maximum Gasteiger partial charge on any atom is 0.150 e. The van der Waals surface area contributed by atoms with Crippen molar-refractivity contribution in [2.24, 2.45) is 0 Å². The van der Waals surface area contributed by atoms with Crippen molar-refractivity contribution < 1.29 is 9.13 Å². The van der Waals surface area contributed by atoms with Crippen molar-refractivity contribution >= 4 is 5.82 Å². The van der Waals surface area contributed by atoms with Gasteiger partial charge in [-0.25, -0.2) is 14.4 Å². The zero-order chi connectivity index (χ0) is 16.9. The molecular weight excluding hydrogens is 307 g/mol. The van der Waals surface area contributed by atoms with E-state index < -0.39 is 0 Å². The van der Waals surface area contributed by atoms with Crippen molar-refractivity contribution in [2.45, 2.75) is 19.4 Å². The minimum absolute atomic E-state index is 0.0474. The lowest BCUT2D eigenvalue weighted by molar-refractivity contribution is -0.0111. The number of benzene rings is 1. The Balaban J connectivity index is 1.73. The molecule has 1 aliphatic heterocycles. The predicted molar refractivity (Wildman–Crippen MR) is 91.6 cm³/mol. The first-order valence-corrected chi connectivity index (χ1v) is 8.25. The van der Waals surface area contributed by atoms with Gasteiger partial charge >= 0.3 is 0 Å². The van der Waals surface area contributed by atoms with Gasteiger partial charge in [-0.15, -0.1) is 0 Å². The fourth-order valence-corrected chi connectivity index (χ4v) is 2.94. The van der Waals surface area contributed by atoms with Gasteiger partial charge in [0.15, 0.2) is 0 Å². The van der Waals surface area contributed by atoms with Gasteiger partial charge in [0.2, 0.25) is 0 Å². The first-order valence-electron chi connectivity index (χ1n) is 8.25. The van der Waals surface area contributed by atoms with E-state index in [1.54, 1.807) is 0 Å². The Morgan fingerprint density at radius 1 is 1.29 bits per heavy atom. The standard InChI is InChI=1S/C18H23FN4O/c1-13-11-17(20-2)22-18(21-13)16-12-24-10-9-23(16)8-7-14-3-5-15(19)6-4-14/h3-6,11,16H,7-10,12H2,1-2H3,(H,20,21,22)/t16-/m0/s1. The van der Waals surface area contributed by atoms with Gasteiger partial charge < -0.3 is 10.1 Å². The summed E-state index contributed by atoms with van der Waals surface area (Å²) in [7, 11) is 1.86. The molecule has 1 N–H and O–H groups in total. The molecule has 1 saturated heterocycles. The van der Waals surface area contributed by atoms with Gasteiger partial charge in [-0.2, -0.15) is 0 Å². The van der Waals surface area contributed by atoms with Crippen LogP contribution in [-0.2, 0) is 11.2 Å². The van der Waals surface area contributed by atoms with Crippen LogP contribution in [0.15, 0.2) is 30.3 Å². The first kappa shape index (κ1) is 16.8. The molecule has 0 unspecified atom stereocenters. The van der Waals surface area contributed by atoms with Crippen LogP contribution in [-0.4, -0.2) is 48.2 Å². The van der Waals surface area contributed by atoms with Crippen LogP contribution >= 0.6 is 0 Å². The lowest BCUT2D eigenvalue weighted by atomic mass is 10.1. The molecule has 0 spiro atoms. The highest BCUT2D eigenvalue weighted by Gasteiger charge is 2.27. The van der Waals surface area contributed by atoms with E-state index >= 15 is 0 Å². The maximum atomic E-state index is 13.0. The van der Waals surface area contributed by atoms with E-state index in [1.807, 2.05) is 32.2 Å². The molecule has 0 radical (unpaired) electrons. The average molecular weight is 330 g/mol. The third-order valence-corrected chi connectivity index (χ3v) is 4.27. The number of aryl methyl sites for hydroxylation is 1. The summed E-state index contributed by atoms with van der Waals surface area (Å²) < 4.78 is 18.7. The summed E-state index contributed by atoms with van der Waals surface area (Å²) in [6.45, 7) is 4.99. The molecule has 1 fully saturated rings. The zero-order valence-corrected chi connectivity index (χ0v) is 14.1. The molecule has 6 heteroatoms. The summed E-state index contributed by atoms with van der Waals surface area (Å²) in [6, 6.07) is 8.67. The minimum Gasteiger partial charge on any atom is -0.378 e. The van der Waals surface area contributed by atoms with Gasteiger partial charge in [0.1, 0.15) is 17.5 Å². The summed E-state index contributed by atoms with van der Waals surface area (Å²) >= 11 is 0. The van der Waals surface area contributed by atoms with Crippen molar-refractivity contribution in [3.63, 3.8) is 0 Å². The molecule has 2 aromatic rings. The van der Waals surface area contributed by atoms with Crippen LogP contribution < -0.4 is 5.32 Å². The quantitative estimate of drug-likeness (QED) is 0.913. The van der Waals surface area contributed by atoms with Crippen LogP contribution in [0.25, 0.3) is 0 Å². The van der Waals surface area contributed by atoms with E-state index in [1.165, 1.54) is 12.1 Å². The summed E-state index contributed by atoms with van der Waals surface area (Å²) in [4.78, 5) is 11.5. The van der Waals surface area contributed by atoms with Gasteiger partial charge in [0.25, 0.3) is 0 Å². The van der Waals surface area contributed by atoms with Crippen LogP contribution in [0.3, 0.4) is 0 Å². The highest BCUT2D eigenvalue weighted by atomic mass is 19.1. The van der Waals surface area contributed by atoms with Gasteiger partial charge in [-0.1, -0.05) is 12.1 Å². The molecule has 3 rings (SSSR count). The largest absolute Gasteiger partial charge is 0.378 e. The Kier molecular flexibility index (Phi) is 5.37. The van der Waals surface area contributed by atoms with E-state index in [-0.39, 0.29) is 11.9 Å². The Bertz CT molecular complexity index is 677. The minimum atomic E-state index is -0.198. The second kappa shape index (κ2) is 7.68. The van der Waals surface area contributed by atoms with E-state index in [9.17, 15) is 4.39 Å². The Morgan fingerprint density at radius 3 is 2.83 bits per heavy atom. The fraction of sp³-hybridized carbons (Fsp3) is 0.444. The Hall–Kier alpha value is -2.05. The lowest BCUT2D eigenvalue weighted by Gasteiger charge is -2.34. The normalized spacial score (nSPS) is 18.5. The molecule has 128 valence electrons. The van der Waals surface area contributed by atoms with Crippen molar-refractivity contribution in [1.29, 1.82) is 0 Å². The van der Waals surface area contributed by atoms with E-state index in [0.29, 0.717) is 13.2 Å². The second-order valence-corrected chi connectivity index (χ2v) is 6.01. The SMILES string of the molecule is CNc1cc(C)nc([C@@H]2COCCN2CCc2ccc(F)cc2)n1. The smallest absolute Gasteiger partial charge is 0.150 e. The van der Waals surface area contributed by atoms with Gasteiger partial charge in [-0.3, -0.25) is 4.90 Å². The molecular formula is C18H23FN4O. The predicted octanol–water partition coefficient (Wildman–Crippen LogP) is 2.58. The number of rotatable bonds is 5. The van der Waals surface area contributed by atoms with Crippen molar-refractivity contribution in [3.05, 3.63) is 53.2 Å². The van der Waals surface area contributed by atoms with E-state index in [4.69, 9.17) is 4.74 Å². The third kappa shape index (κ3) is 4.07. The Labute approximate surface area is 141 Å². The Morgan fingerprint density at radius 2 is 2.08 bits per heavy atom. The highest BCUT2D eigenvalue weighted by molar-refractivity contribution is 5.35. The van der Waals surface area contributed by atoms with Crippen LogP contribution in [0.1, 0.15) is 23.1 Å². The number of aromatic nitrogens is 2. The summed E-state index contributed by atoms with van der Waals surface area (Å²) in [5.74, 6) is 1.41. The number of morpholine rings is 1. The molecule has 0 amide bonds. The van der Waals surface area contributed by atoms with Crippen LogP contribution in [0, 0.1) is 12.7 Å². The lowest BCUT2D eigenvalue weighted by Crippen LogP contribution is -2.41. The third-order valence-electron chi connectivity index (χ3n) is 4.27. The van der Waals surface area contributed by atoms with Crippen molar-refractivity contribution in [1.82, 2.24) is 14.9 Å². The number of halogens is 1. The molecule has 1 aromatic carbocycles. The second-order valence-electron chi connectivity index (χ2n) is 6.01. The molecule has 1 aromatic heterocycles. The fourth-order valence-electron chi connectivity index (χ4n) is 2.94. The number of nitrogens with zero attached hydrogens (tertiary/aromatic N) is 3. The average Bonchev–Trinajstić information content (AvgIpc) is 2.61. The molecule has 2 heterocycles. The van der Waals surface area contributed by atoms with Crippen LogP contribution in [0.5, 0.6) is 0 Å². The van der Waals surface area contributed by atoms with Crippen molar-refractivity contribution in [3.8, 4) is 0 Å². The summed E-state index contributed by atoms with van der Waals surface area (Å²) in [6.07, 6.45) is 0.863. The van der Waals surface area contributed by atoms with E-state index in [0.717, 1.165) is 42.4 Å². The monoisotopic (exact) mass is 330 g/mol. The van der Waals surface area contributed by atoms with Crippen LogP contribution in [0.2, 0.25) is 0 Å². The maximum absolute atomic E-state index is 13.0. The molecule has 1 aliphatic rings. The molecule has 0 bridgehead atoms. The first-order chi connectivity index (χ1) is 11.7. The molecule has 1 atom stereocenters. The number of hydrogen-bond acceptors (Lipinski definition) is 5. The zero-order valence-electron chi connectivity index (χ0n) is 14.1. The molecule has 0 aliphatic carbocycles. The number of hydrogen-bond donors (Lipinski definition) is 1. The number of anilines is 1. The topological polar surface area (TPSA) is 50.3 Å². The van der Waals surface area contributed by atoms with Gasteiger partial charge in [0.05, 0.1) is 19.3 Å². The van der Waals surface area contributed by atoms with E-state index in [2.05, 4.69) is 20.2 Å². The molecule has 0 saturated carbocycles. The number of nitrogens with one attached hydrogen (secondary N) is 1. The molecule has 24 heavy (non-hydrogen) atoms. The summed E-state index contributed by atoms with van der Waals surface area (Å²) in [5.41, 5.74) is 2.07. The highest BCUT2D eigenvalue weighted by Crippen LogP contribution is 2.23. The number of ether oxygens (including phenoxy) is 1. The summed E-state index contributed by atoms with van der Waals surface area (Å²) in [5, 5.41) is 3.08. The van der Waals surface area contributed by atoms with Gasteiger partial charge in [-0.05, 0) is 31.0 Å². The van der Waals surface area contributed by atoms with Gasteiger partial charge in [0, 0.05) is 31.9 Å². The molecule has 5 nitrogen and oxygen atoms in total.